The quantitative estimate of drug-likeness (QED) is 0.121. The highest BCUT2D eigenvalue weighted by Gasteiger charge is 2.45. The molecule has 15 heteroatoms. The van der Waals surface area contributed by atoms with Crippen LogP contribution in [-0.4, -0.2) is 75.6 Å². The van der Waals surface area contributed by atoms with Crippen molar-refractivity contribution in [3.8, 4) is 5.75 Å². The summed E-state index contributed by atoms with van der Waals surface area (Å²) in [5.74, 6) is 0.364. The van der Waals surface area contributed by atoms with E-state index < -0.39 is 47.4 Å². The Bertz CT molecular complexity index is 1710. The molecule has 248 valence electrons. The number of aliphatic hydroxyl groups excluding tert-OH is 2. The van der Waals surface area contributed by atoms with Crippen molar-refractivity contribution in [2.45, 2.75) is 82.3 Å². The van der Waals surface area contributed by atoms with Crippen molar-refractivity contribution in [2.75, 3.05) is 18.9 Å². The molecule has 1 saturated heterocycles. The maximum atomic E-state index is 12.3. The van der Waals surface area contributed by atoms with Gasteiger partial charge in [0.15, 0.2) is 17.7 Å². The third-order valence-electron chi connectivity index (χ3n) is 7.93. The fraction of sp³-hybridized carbons (Fsp3) is 0.484. The van der Waals surface area contributed by atoms with Crippen LogP contribution in [0.3, 0.4) is 0 Å². The van der Waals surface area contributed by atoms with E-state index in [1.807, 2.05) is 29.0 Å². The molecule has 1 fully saturated rings. The van der Waals surface area contributed by atoms with Gasteiger partial charge in [-0.05, 0) is 24.3 Å². The van der Waals surface area contributed by atoms with E-state index in [9.17, 15) is 23.4 Å². The van der Waals surface area contributed by atoms with Gasteiger partial charge in [-0.25, -0.2) is 19.7 Å². The molecule has 1 aliphatic rings. The Morgan fingerprint density at radius 3 is 2.46 bits per heavy atom. The number of carbonyl (C=O) groups is 1. The van der Waals surface area contributed by atoms with Gasteiger partial charge in [-0.15, -0.1) is 0 Å². The minimum Gasteiger partial charge on any atom is -0.493 e. The van der Waals surface area contributed by atoms with Gasteiger partial charge in [-0.1, -0.05) is 74.9 Å². The number of aliphatic hydroxyl groups is 2. The molecule has 4 atom stereocenters. The molecule has 0 saturated carbocycles. The van der Waals surface area contributed by atoms with E-state index in [2.05, 4.69) is 33.2 Å². The Hall–Kier alpha value is -3.89. The van der Waals surface area contributed by atoms with Gasteiger partial charge in [-0.2, -0.15) is 8.42 Å². The van der Waals surface area contributed by atoms with Crippen LogP contribution in [0, 0.1) is 0 Å². The number of amides is 1. The summed E-state index contributed by atoms with van der Waals surface area (Å²) in [6.45, 7) is 0.0531. The van der Waals surface area contributed by atoms with E-state index in [4.69, 9.17) is 19.4 Å². The molecule has 5 rings (SSSR count). The molecule has 2 aromatic heterocycles. The van der Waals surface area contributed by atoms with Crippen molar-refractivity contribution in [1.82, 2.24) is 24.2 Å². The lowest BCUT2D eigenvalue weighted by Crippen LogP contribution is -2.37. The lowest BCUT2D eigenvalue weighted by molar-refractivity contribution is -0.119. The molecule has 2 aromatic carbocycles. The maximum Gasteiger partial charge on any atom is 0.362 e. The third kappa shape index (κ3) is 8.47. The number of nitrogen functional groups attached to an aromatic ring is 1. The second kappa shape index (κ2) is 15.6. The number of imidazole rings is 1. The molecule has 0 spiro atoms. The first-order chi connectivity index (χ1) is 22.2. The first-order valence-corrected chi connectivity index (χ1v) is 16.9. The number of aromatic nitrogens is 4. The van der Waals surface area contributed by atoms with Crippen LogP contribution in [0.2, 0.25) is 0 Å². The van der Waals surface area contributed by atoms with Gasteiger partial charge in [-0.3, -0.25) is 13.5 Å². The predicted octanol–water partition coefficient (Wildman–Crippen LogP) is 3.15. The van der Waals surface area contributed by atoms with Crippen molar-refractivity contribution in [2.24, 2.45) is 0 Å². The highest BCUT2D eigenvalue weighted by Crippen LogP contribution is 2.32. The van der Waals surface area contributed by atoms with Crippen molar-refractivity contribution < 1.29 is 37.1 Å². The zero-order chi connectivity index (χ0) is 32.5. The minimum atomic E-state index is -4.45. The minimum absolute atomic E-state index is 0.0378. The van der Waals surface area contributed by atoms with Gasteiger partial charge in [0.2, 0.25) is 5.91 Å². The van der Waals surface area contributed by atoms with E-state index in [1.54, 1.807) is 0 Å². The molecule has 46 heavy (non-hydrogen) atoms. The molecule has 4 aromatic rings. The number of benzene rings is 2. The van der Waals surface area contributed by atoms with E-state index in [0.717, 1.165) is 56.1 Å². The molecule has 0 aliphatic carbocycles. The van der Waals surface area contributed by atoms with Crippen LogP contribution in [0.1, 0.15) is 64.0 Å². The number of anilines is 1. The summed E-state index contributed by atoms with van der Waals surface area (Å²) in [5.41, 5.74) is 6.34. The van der Waals surface area contributed by atoms with Crippen LogP contribution in [0.15, 0.2) is 55.1 Å². The van der Waals surface area contributed by atoms with Crippen LogP contribution in [-0.2, 0) is 24.0 Å². The SMILES string of the molecule is Nc1ncnc2c1ncn2[C@@H]1O[C@H](COS(=O)(=O)NC(=O)CCCCCCCCCCOc2cccc3ccccc23)[C@@H](O)[C@H]1O. The van der Waals surface area contributed by atoms with Gasteiger partial charge in [0.25, 0.3) is 0 Å². The Kier molecular flexibility index (Phi) is 11.4. The third-order valence-corrected chi connectivity index (χ3v) is 8.85. The lowest BCUT2D eigenvalue weighted by atomic mass is 10.1. The number of carbonyl (C=O) groups excluding carboxylic acids is 1. The summed E-state index contributed by atoms with van der Waals surface area (Å²) in [7, 11) is -4.45. The Morgan fingerprint density at radius 2 is 1.65 bits per heavy atom. The highest BCUT2D eigenvalue weighted by molar-refractivity contribution is 7.85. The second-order valence-electron chi connectivity index (χ2n) is 11.3. The molecule has 14 nitrogen and oxygen atoms in total. The molecule has 0 radical (unpaired) electrons. The van der Waals surface area contributed by atoms with Crippen molar-refractivity contribution in [3.63, 3.8) is 0 Å². The first-order valence-electron chi connectivity index (χ1n) is 15.5. The van der Waals surface area contributed by atoms with Crippen LogP contribution >= 0.6 is 0 Å². The van der Waals surface area contributed by atoms with Crippen LogP contribution in [0.5, 0.6) is 5.75 Å². The Morgan fingerprint density at radius 1 is 0.935 bits per heavy atom. The molecule has 3 heterocycles. The number of hydrogen-bond donors (Lipinski definition) is 4. The summed E-state index contributed by atoms with van der Waals surface area (Å²) < 4.78 is 44.4. The number of unbranched alkanes of at least 4 members (excludes halogenated alkanes) is 7. The molecule has 0 unspecified atom stereocenters. The Balaban J connectivity index is 0.919. The lowest BCUT2D eigenvalue weighted by Gasteiger charge is -2.16. The van der Waals surface area contributed by atoms with E-state index in [0.29, 0.717) is 13.0 Å². The molecular formula is C31H40N6O8S. The Labute approximate surface area is 267 Å². The van der Waals surface area contributed by atoms with Gasteiger partial charge in [0, 0.05) is 11.8 Å². The predicted molar refractivity (Wildman–Crippen MR) is 170 cm³/mol. The maximum absolute atomic E-state index is 12.3. The van der Waals surface area contributed by atoms with Crippen LogP contribution in [0.25, 0.3) is 21.9 Å². The molecular weight excluding hydrogens is 616 g/mol. The molecule has 0 bridgehead atoms. The second-order valence-corrected chi connectivity index (χ2v) is 12.6. The van der Waals surface area contributed by atoms with Crippen LogP contribution in [0.4, 0.5) is 5.82 Å². The molecule has 5 N–H and O–H groups in total. The standard InChI is InChI=1S/C31H40N6O8S/c32-29-26-30(34-19-33-29)37(20-35-26)31-28(40)27(39)24(45-31)18-44-46(41,42)36-25(38)16-7-5-3-1-2-4-6-10-17-43-23-15-11-13-21-12-8-9-14-22(21)23/h8-9,11-15,19-20,24,27-28,31,39-40H,1-7,10,16-18H2,(H,36,38)(H2,32,33,34)/t24-,27-,28-,31-/m1/s1. The number of nitrogens with one attached hydrogen (secondary N) is 1. The van der Waals surface area contributed by atoms with Crippen molar-refractivity contribution in [3.05, 3.63) is 55.1 Å². The van der Waals surface area contributed by atoms with E-state index >= 15 is 0 Å². The zero-order valence-electron chi connectivity index (χ0n) is 25.4. The monoisotopic (exact) mass is 656 g/mol. The van der Waals surface area contributed by atoms with Gasteiger partial charge < -0.3 is 25.4 Å². The fourth-order valence-corrected chi connectivity index (χ4v) is 6.23. The summed E-state index contributed by atoms with van der Waals surface area (Å²) in [6, 6.07) is 14.3. The van der Waals surface area contributed by atoms with Crippen molar-refractivity contribution in [1.29, 1.82) is 0 Å². The average molecular weight is 657 g/mol. The number of rotatable bonds is 17. The smallest absolute Gasteiger partial charge is 0.362 e. The molecule has 1 aliphatic heterocycles. The van der Waals surface area contributed by atoms with Gasteiger partial charge in [0.1, 0.15) is 35.9 Å². The largest absolute Gasteiger partial charge is 0.493 e. The van der Waals surface area contributed by atoms with Crippen LogP contribution < -0.4 is 15.2 Å². The first kappa shape index (κ1) is 33.5. The number of fused-ring (bicyclic) bond motifs is 2. The summed E-state index contributed by atoms with van der Waals surface area (Å²) in [4.78, 5) is 24.2. The van der Waals surface area contributed by atoms with Crippen molar-refractivity contribution >= 4 is 44.0 Å². The normalized spacial score (nSPS) is 20.0. The topological polar surface area (TPSA) is 201 Å². The zero-order valence-corrected chi connectivity index (χ0v) is 26.2. The average Bonchev–Trinajstić information content (AvgIpc) is 3.59. The summed E-state index contributed by atoms with van der Waals surface area (Å²) >= 11 is 0. The van der Waals surface area contributed by atoms with E-state index in [1.165, 1.54) is 22.6 Å². The van der Waals surface area contributed by atoms with Gasteiger partial charge >= 0.3 is 10.3 Å². The number of nitrogens with zero attached hydrogens (tertiary/aromatic N) is 4. The fourth-order valence-electron chi connectivity index (χ4n) is 5.48. The highest BCUT2D eigenvalue weighted by atomic mass is 32.2. The van der Waals surface area contributed by atoms with Gasteiger partial charge in [0.05, 0.1) is 19.5 Å². The summed E-state index contributed by atoms with van der Waals surface area (Å²) in [6.07, 6.45) is 4.94. The number of ether oxygens (including phenoxy) is 2. The summed E-state index contributed by atoms with van der Waals surface area (Å²) in [5, 5.41) is 23.2. The number of hydrogen-bond acceptors (Lipinski definition) is 12. The number of nitrogens with two attached hydrogens (primary N) is 1. The molecule has 1 amide bonds. The van der Waals surface area contributed by atoms with E-state index in [-0.39, 0.29) is 23.4 Å².